The molecule has 0 aliphatic carbocycles. The number of halogens is 4. The topological polar surface area (TPSA) is 68.2 Å². The quantitative estimate of drug-likeness (QED) is 0.423. The first-order valence-electron chi connectivity index (χ1n) is 7.05. The number of aliphatic imine (C=N–C) groups is 1. The molecule has 0 aliphatic heterocycles. The Hall–Kier alpha value is -1.78. The molecule has 1 heterocycles. The van der Waals surface area contributed by atoms with Crippen LogP contribution in [0.4, 0.5) is 18.9 Å². The Balaban J connectivity index is 0.00000288. The number of rotatable bonds is 4. The SMILES string of the molecule is CCc1cccc(NC(N)=NCc2cn(C)nc2C(F)(F)F)c1.I. The predicted octanol–water partition coefficient (Wildman–Crippen LogP) is 3.55. The lowest BCUT2D eigenvalue weighted by Gasteiger charge is -2.08. The van der Waals surface area contributed by atoms with Gasteiger partial charge in [-0.05, 0) is 24.1 Å². The molecule has 2 aromatic rings. The van der Waals surface area contributed by atoms with Crippen LogP contribution in [0, 0.1) is 0 Å². The maximum absolute atomic E-state index is 12.8. The summed E-state index contributed by atoms with van der Waals surface area (Å²) in [4.78, 5) is 3.96. The largest absolute Gasteiger partial charge is 0.435 e. The molecule has 132 valence electrons. The zero-order valence-corrected chi connectivity index (χ0v) is 15.6. The third kappa shape index (κ3) is 5.39. The van der Waals surface area contributed by atoms with Crippen molar-refractivity contribution in [3.05, 3.63) is 47.3 Å². The van der Waals surface area contributed by atoms with Crippen molar-refractivity contribution >= 4 is 35.6 Å². The number of hydrogen-bond donors (Lipinski definition) is 2. The summed E-state index contributed by atoms with van der Waals surface area (Å²) in [5.74, 6) is 0.0511. The van der Waals surface area contributed by atoms with Crippen molar-refractivity contribution in [2.45, 2.75) is 26.1 Å². The monoisotopic (exact) mass is 453 g/mol. The average molecular weight is 453 g/mol. The first kappa shape index (κ1) is 20.3. The van der Waals surface area contributed by atoms with E-state index >= 15 is 0 Å². The summed E-state index contributed by atoms with van der Waals surface area (Å²) in [6.07, 6.45) is -2.35. The van der Waals surface area contributed by atoms with Gasteiger partial charge in [0.1, 0.15) is 0 Å². The minimum atomic E-state index is -4.51. The van der Waals surface area contributed by atoms with Crippen LogP contribution in [-0.4, -0.2) is 15.7 Å². The van der Waals surface area contributed by atoms with Crippen molar-refractivity contribution < 1.29 is 13.2 Å². The lowest BCUT2D eigenvalue weighted by molar-refractivity contribution is -0.142. The Morgan fingerprint density at radius 1 is 1.38 bits per heavy atom. The summed E-state index contributed by atoms with van der Waals surface area (Å²) in [7, 11) is 1.43. The highest BCUT2D eigenvalue weighted by molar-refractivity contribution is 14.0. The highest BCUT2D eigenvalue weighted by atomic mass is 127. The van der Waals surface area contributed by atoms with Crippen molar-refractivity contribution in [3.8, 4) is 0 Å². The van der Waals surface area contributed by atoms with E-state index in [-0.39, 0.29) is 42.0 Å². The summed E-state index contributed by atoms with van der Waals surface area (Å²) in [6, 6.07) is 7.57. The van der Waals surface area contributed by atoms with Crippen molar-refractivity contribution in [1.82, 2.24) is 9.78 Å². The van der Waals surface area contributed by atoms with Crippen LogP contribution in [0.5, 0.6) is 0 Å². The number of nitrogens with zero attached hydrogens (tertiary/aromatic N) is 3. The van der Waals surface area contributed by atoms with E-state index in [4.69, 9.17) is 5.73 Å². The van der Waals surface area contributed by atoms with E-state index in [0.717, 1.165) is 22.4 Å². The van der Waals surface area contributed by atoms with Crippen LogP contribution >= 0.6 is 24.0 Å². The number of nitrogens with one attached hydrogen (secondary N) is 1. The first-order chi connectivity index (χ1) is 10.8. The number of guanidine groups is 1. The molecule has 9 heteroatoms. The van der Waals surface area contributed by atoms with Crippen LogP contribution in [0.15, 0.2) is 35.5 Å². The van der Waals surface area contributed by atoms with Crippen LogP contribution in [-0.2, 0) is 26.2 Å². The number of benzene rings is 1. The standard InChI is InChI=1S/C15H18F3N5.HI/c1-3-10-5-4-6-12(7-10)21-14(19)20-8-11-9-23(2)22-13(11)15(16,17)18;/h4-7,9H,3,8H2,1-2H3,(H3,19,20,21);1H. The van der Waals surface area contributed by atoms with Crippen LogP contribution in [0.1, 0.15) is 23.7 Å². The van der Waals surface area contributed by atoms with E-state index in [1.807, 2.05) is 31.2 Å². The van der Waals surface area contributed by atoms with Crippen molar-refractivity contribution in [2.75, 3.05) is 5.32 Å². The van der Waals surface area contributed by atoms with Gasteiger partial charge in [-0.1, -0.05) is 19.1 Å². The Morgan fingerprint density at radius 2 is 2.08 bits per heavy atom. The van der Waals surface area contributed by atoms with E-state index in [9.17, 15) is 13.2 Å². The highest BCUT2D eigenvalue weighted by Gasteiger charge is 2.36. The second-order valence-corrected chi connectivity index (χ2v) is 5.05. The fourth-order valence-electron chi connectivity index (χ4n) is 2.12. The molecule has 0 unspecified atom stereocenters. The van der Waals surface area contributed by atoms with Gasteiger partial charge in [-0.2, -0.15) is 18.3 Å². The number of aromatic nitrogens is 2. The van der Waals surface area contributed by atoms with E-state index in [2.05, 4.69) is 15.4 Å². The zero-order valence-electron chi connectivity index (χ0n) is 13.3. The summed E-state index contributed by atoms with van der Waals surface area (Å²) in [5.41, 5.74) is 6.64. The van der Waals surface area contributed by atoms with Gasteiger partial charge in [0.2, 0.25) is 0 Å². The van der Waals surface area contributed by atoms with Crippen LogP contribution in [0.2, 0.25) is 0 Å². The molecular formula is C15H19F3IN5. The van der Waals surface area contributed by atoms with Crippen molar-refractivity contribution in [1.29, 1.82) is 0 Å². The Bertz CT molecular complexity index is 709. The molecule has 0 saturated heterocycles. The lowest BCUT2D eigenvalue weighted by Crippen LogP contribution is -2.22. The molecular weight excluding hydrogens is 434 g/mol. The Morgan fingerprint density at radius 3 is 2.71 bits per heavy atom. The summed E-state index contributed by atoms with van der Waals surface area (Å²) < 4.78 is 39.6. The molecule has 0 aliphatic rings. The molecule has 5 nitrogen and oxygen atoms in total. The number of aryl methyl sites for hydroxylation is 2. The Labute approximate surface area is 155 Å². The Kier molecular flexibility index (Phi) is 7.06. The number of alkyl halides is 3. The van der Waals surface area contributed by atoms with Crippen molar-refractivity contribution in [2.24, 2.45) is 17.8 Å². The van der Waals surface area contributed by atoms with Crippen LogP contribution < -0.4 is 11.1 Å². The molecule has 0 fully saturated rings. The third-order valence-corrected chi connectivity index (χ3v) is 3.20. The predicted molar refractivity (Wildman–Crippen MR) is 98.4 cm³/mol. The molecule has 0 radical (unpaired) electrons. The molecule has 0 saturated carbocycles. The normalized spacial score (nSPS) is 12.0. The molecule has 24 heavy (non-hydrogen) atoms. The van der Waals surface area contributed by atoms with Gasteiger partial charge < -0.3 is 11.1 Å². The van der Waals surface area contributed by atoms with Gasteiger partial charge in [-0.15, -0.1) is 24.0 Å². The smallest absolute Gasteiger partial charge is 0.370 e. The summed E-state index contributed by atoms with van der Waals surface area (Å²) in [5, 5.41) is 6.30. The van der Waals surface area contributed by atoms with Gasteiger partial charge in [0.15, 0.2) is 11.7 Å². The lowest BCUT2D eigenvalue weighted by atomic mass is 10.1. The van der Waals surface area contributed by atoms with E-state index in [0.29, 0.717) is 0 Å². The number of anilines is 1. The minimum absolute atomic E-state index is 0. The maximum Gasteiger partial charge on any atom is 0.435 e. The zero-order chi connectivity index (χ0) is 17.0. The van der Waals surface area contributed by atoms with E-state index in [1.54, 1.807) is 0 Å². The highest BCUT2D eigenvalue weighted by Crippen LogP contribution is 2.30. The molecule has 0 bridgehead atoms. The molecule has 0 spiro atoms. The molecule has 0 amide bonds. The summed E-state index contributed by atoms with van der Waals surface area (Å²) >= 11 is 0. The van der Waals surface area contributed by atoms with E-state index < -0.39 is 11.9 Å². The summed E-state index contributed by atoms with van der Waals surface area (Å²) in [6.45, 7) is 1.83. The van der Waals surface area contributed by atoms with Crippen LogP contribution in [0.25, 0.3) is 0 Å². The van der Waals surface area contributed by atoms with Gasteiger partial charge in [0, 0.05) is 24.5 Å². The van der Waals surface area contributed by atoms with Gasteiger partial charge in [-0.25, -0.2) is 4.99 Å². The molecule has 0 atom stereocenters. The molecule has 1 aromatic heterocycles. The average Bonchev–Trinajstić information content (AvgIpc) is 2.86. The fraction of sp³-hybridized carbons (Fsp3) is 0.333. The maximum atomic E-state index is 12.8. The third-order valence-electron chi connectivity index (χ3n) is 3.20. The van der Waals surface area contributed by atoms with Gasteiger partial charge in [-0.3, -0.25) is 4.68 Å². The molecule has 3 N–H and O–H groups in total. The molecule has 1 aromatic carbocycles. The number of nitrogens with two attached hydrogens (primary N) is 1. The molecule has 2 rings (SSSR count). The van der Waals surface area contributed by atoms with Crippen molar-refractivity contribution in [3.63, 3.8) is 0 Å². The van der Waals surface area contributed by atoms with Gasteiger partial charge >= 0.3 is 6.18 Å². The first-order valence-corrected chi connectivity index (χ1v) is 7.05. The number of hydrogen-bond acceptors (Lipinski definition) is 2. The van der Waals surface area contributed by atoms with Crippen LogP contribution in [0.3, 0.4) is 0 Å². The van der Waals surface area contributed by atoms with E-state index in [1.165, 1.54) is 13.2 Å². The second kappa shape index (κ2) is 8.36. The fourth-order valence-corrected chi connectivity index (χ4v) is 2.12. The minimum Gasteiger partial charge on any atom is -0.370 e. The second-order valence-electron chi connectivity index (χ2n) is 5.05. The van der Waals surface area contributed by atoms with Gasteiger partial charge in [0.05, 0.1) is 6.54 Å². The van der Waals surface area contributed by atoms with Gasteiger partial charge in [0.25, 0.3) is 0 Å².